The second-order valence-corrected chi connectivity index (χ2v) is 5.34. The molecule has 0 aromatic carbocycles. The van der Waals surface area contributed by atoms with Gasteiger partial charge in [0, 0.05) is 13.1 Å². The highest BCUT2D eigenvalue weighted by atomic mass is 35.5. The molecule has 0 saturated carbocycles. The smallest absolute Gasteiger partial charge is 0.147 e. The van der Waals surface area contributed by atoms with Gasteiger partial charge < -0.3 is 0 Å². The van der Waals surface area contributed by atoms with E-state index in [0.717, 1.165) is 25.3 Å². The lowest BCUT2D eigenvalue weighted by Gasteiger charge is -2.18. The van der Waals surface area contributed by atoms with Crippen LogP contribution >= 0.6 is 11.6 Å². The lowest BCUT2D eigenvalue weighted by Crippen LogP contribution is -2.23. The van der Waals surface area contributed by atoms with E-state index in [4.69, 9.17) is 11.6 Å². The molecule has 1 aromatic rings. The van der Waals surface area contributed by atoms with Crippen LogP contribution in [0.4, 0.5) is 0 Å². The van der Waals surface area contributed by atoms with Crippen LogP contribution < -0.4 is 0 Å². The predicted molar refractivity (Wildman–Crippen MR) is 60.7 cm³/mol. The molecule has 1 saturated heterocycles. The number of likely N-dealkylation sites (tertiary alicyclic amines) is 1. The Morgan fingerprint density at radius 2 is 2.20 bits per heavy atom. The van der Waals surface area contributed by atoms with Crippen molar-refractivity contribution in [2.24, 2.45) is 5.41 Å². The molecule has 0 atom stereocenters. The Bertz CT molecular complexity index is 334. The van der Waals surface area contributed by atoms with E-state index in [1.807, 2.05) is 0 Å². The average Bonchev–Trinajstić information content (AvgIpc) is 2.50. The molecule has 0 aliphatic carbocycles. The van der Waals surface area contributed by atoms with Gasteiger partial charge in [-0.25, -0.2) is 4.98 Å². The van der Waals surface area contributed by atoms with Crippen LogP contribution in [-0.2, 0) is 6.54 Å². The van der Waals surface area contributed by atoms with Crippen molar-refractivity contribution in [3.63, 3.8) is 0 Å². The molecule has 0 spiro atoms. The molecule has 1 aromatic heterocycles. The summed E-state index contributed by atoms with van der Waals surface area (Å²) in [4.78, 5) is 10.7. The summed E-state index contributed by atoms with van der Waals surface area (Å²) in [6.07, 6.45) is 4.62. The van der Waals surface area contributed by atoms with Gasteiger partial charge >= 0.3 is 0 Å². The second-order valence-electron chi connectivity index (χ2n) is 4.96. The molecule has 0 unspecified atom stereocenters. The third-order valence-corrected chi connectivity index (χ3v) is 3.01. The molecule has 1 aliphatic heterocycles. The van der Waals surface area contributed by atoms with Crippen LogP contribution in [0.5, 0.6) is 0 Å². The van der Waals surface area contributed by atoms with E-state index in [9.17, 15) is 0 Å². The van der Waals surface area contributed by atoms with Crippen molar-refractivity contribution >= 4 is 11.6 Å². The zero-order valence-electron chi connectivity index (χ0n) is 9.20. The van der Waals surface area contributed by atoms with Crippen LogP contribution in [0, 0.1) is 5.41 Å². The first-order valence-corrected chi connectivity index (χ1v) is 5.62. The van der Waals surface area contributed by atoms with Crippen molar-refractivity contribution in [2.75, 3.05) is 13.1 Å². The molecule has 0 bridgehead atoms. The molecule has 15 heavy (non-hydrogen) atoms. The van der Waals surface area contributed by atoms with Crippen molar-refractivity contribution in [1.82, 2.24) is 14.9 Å². The first-order chi connectivity index (χ1) is 7.05. The standard InChI is InChI=1S/C11H16ClN3/c1-11(2)3-4-15(8-11)7-9-5-14-10(12)6-13-9/h5-6H,3-4,7-8H2,1-2H3. The highest BCUT2D eigenvalue weighted by Gasteiger charge is 2.29. The van der Waals surface area contributed by atoms with Crippen LogP contribution in [0.3, 0.4) is 0 Å². The maximum atomic E-state index is 5.69. The predicted octanol–water partition coefficient (Wildman–Crippen LogP) is 2.36. The Hall–Kier alpha value is -0.670. The lowest BCUT2D eigenvalue weighted by molar-refractivity contribution is 0.281. The largest absolute Gasteiger partial charge is 0.297 e. The van der Waals surface area contributed by atoms with E-state index in [1.165, 1.54) is 6.42 Å². The van der Waals surface area contributed by atoms with Gasteiger partial charge in [0.1, 0.15) is 5.15 Å². The van der Waals surface area contributed by atoms with Crippen molar-refractivity contribution in [3.8, 4) is 0 Å². The molecule has 4 heteroatoms. The molecule has 0 amide bonds. The number of nitrogens with zero attached hydrogens (tertiary/aromatic N) is 3. The van der Waals surface area contributed by atoms with Gasteiger partial charge in [0.15, 0.2) is 0 Å². The zero-order valence-corrected chi connectivity index (χ0v) is 9.96. The van der Waals surface area contributed by atoms with Crippen molar-refractivity contribution in [1.29, 1.82) is 0 Å². The molecular formula is C11H16ClN3. The van der Waals surface area contributed by atoms with E-state index in [1.54, 1.807) is 12.4 Å². The van der Waals surface area contributed by atoms with Gasteiger partial charge in [0.2, 0.25) is 0 Å². The molecule has 2 rings (SSSR count). The minimum absolute atomic E-state index is 0.444. The normalized spacial score (nSPS) is 20.7. The fourth-order valence-corrected chi connectivity index (χ4v) is 2.11. The number of aromatic nitrogens is 2. The van der Waals surface area contributed by atoms with E-state index in [-0.39, 0.29) is 0 Å². The molecule has 82 valence electrons. The summed E-state index contributed by atoms with van der Waals surface area (Å²) in [6, 6.07) is 0. The molecule has 1 fully saturated rings. The van der Waals surface area contributed by atoms with Gasteiger partial charge in [-0.2, -0.15) is 0 Å². The van der Waals surface area contributed by atoms with Gasteiger partial charge in [0.05, 0.1) is 18.1 Å². The summed E-state index contributed by atoms with van der Waals surface area (Å²) < 4.78 is 0. The zero-order chi connectivity index (χ0) is 10.9. The molecule has 0 N–H and O–H groups in total. The van der Waals surface area contributed by atoms with Gasteiger partial charge in [-0.15, -0.1) is 0 Å². The summed E-state index contributed by atoms with van der Waals surface area (Å²) in [7, 11) is 0. The lowest BCUT2D eigenvalue weighted by atomic mass is 9.93. The van der Waals surface area contributed by atoms with E-state index in [2.05, 4.69) is 28.7 Å². The number of halogens is 1. The highest BCUT2D eigenvalue weighted by Crippen LogP contribution is 2.29. The third-order valence-electron chi connectivity index (χ3n) is 2.82. The second kappa shape index (κ2) is 4.06. The third kappa shape index (κ3) is 2.89. The Labute approximate surface area is 95.5 Å². The van der Waals surface area contributed by atoms with Gasteiger partial charge in [-0.1, -0.05) is 25.4 Å². The molecule has 0 radical (unpaired) electrons. The minimum atomic E-state index is 0.444. The summed E-state index contributed by atoms with van der Waals surface area (Å²) in [5.41, 5.74) is 1.44. The topological polar surface area (TPSA) is 29.0 Å². The molecule has 2 heterocycles. The maximum absolute atomic E-state index is 5.69. The summed E-state index contributed by atoms with van der Waals surface area (Å²) >= 11 is 5.69. The van der Waals surface area contributed by atoms with Crippen LogP contribution in [0.1, 0.15) is 26.0 Å². The van der Waals surface area contributed by atoms with Crippen molar-refractivity contribution in [2.45, 2.75) is 26.8 Å². The Morgan fingerprint density at radius 3 is 2.73 bits per heavy atom. The van der Waals surface area contributed by atoms with Crippen LogP contribution in [0.15, 0.2) is 12.4 Å². The van der Waals surface area contributed by atoms with E-state index in [0.29, 0.717) is 10.6 Å². The minimum Gasteiger partial charge on any atom is -0.297 e. The SMILES string of the molecule is CC1(C)CCN(Cc2cnc(Cl)cn2)C1. The summed E-state index contributed by atoms with van der Waals surface area (Å²) in [5.74, 6) is 0. The fraction of sp³-hybridized carbons (Fsp3) is 0.636. The van der Waals surface area contributed by atoms with E-state index < -0.39 is 0 Å². The average molecular weight is 226 g/mol. The highest BCUT2D eigenvalue weighted by molar-refractivity contribution is 6.29. The van der Waals surface area contributed by atoms with E-state index >= 15 is 0 Å². The number of hydrogen-bond acceptors (Lipinski definition) is 3. The summed E-state index contributed by atoms with van der Waals surface area (Å²) in [6.45, 7) is 7.78. The Morgan fingerprint density at radius 1 is 1.40 bits per heavy atom. The first kappa shape index (κ1) is 10.8. The van der Waals surface area contributed by atoms with Crippen LogP contribution in [-0.4, -0.2) is 28.0 Å². The van der Waals surface area contributed by atoms with Crippen LogP contribution in [0.25, 0.3) is 0 Å². The fourth-order valence-electron chi connectivity index (χ4n) is 2.01. The van der Waals surface area contributed by atoms with Gasteiger partial charge in [0.25, 0.3) is 0 Å². The Kier molecular flexibility index (Phi) is 2.94. The summed E-state index contributed by atoms with van der Waals surface area (Å²) in [5, 5.41) is 0.459. The quantitative estimate of drug-likeness (QED) is 0.774. The maximum Gasteiger partial charge on any atom is 0.147 e. The van der Waals surface area contributed by atoms with Crippen molar-refractivity contribution in [3.05, 3.63) is 23.2 Å². The number of rotatable bonds is 2. The monoisotopic (exact) mass is 225 g/mol. The first-order valence-electron chi connectivity index (χ1n) is 5.24. The molecule has 3 nitrogen and oxygen atoms in total. The Balaban J connectivity index is 1.96. The van der Waals surface area contributed by atoms with Gasteiger partial charge in [-0.3, -0.25) is 9.88 Å². The van der Waals surface area contributed by atoms with Gasteiger partial charge in [-0.05, 0) is 18.4 Å². The van der Waals surface area contributed by atoms with Crippen LogP contribution in [0.2, 0.25) is 5.15 Å². The number of hydrogen-bond donors (Lipinski definition) is 0. The van der Waals surface area contributed by atoms with Crippen molar-refractivity contribution < 1.29 is 0 Å². The molecule has 1 aliphatic rings. The molecular weight excluding hydrogens is 210 g/mol.